The number of aromatic nitrogens is 1. The van der Waals surface area contributed by atoms with Crippen LogP contribution in [0.5, 0.6) is 0 Å². The molecule has 1 aliphatic rings. The molecule has 0 unspecified atom stereocenters. The van der Waals surface area contributed by atoms with Gasteiger partial charge in [0.25, 0.3) is 0 Å². The molecule has 0 saturated heterocycles. The maximum atomic E-state index is 12.4. The summed E-state index contributed by atoms with van der Waals surface area (Å²) in [5.74, 6) is 0.156. The van der Waals surface area contributed by atoms with Gasteiger partial charge < -0.3 is 15.5 Å². The highest BCUT2D eigenvalue weighted by Gasteiger charge is 2.24. The second-order valence-corrected chi connectivity index (χ2v) is 9.86. The highest BCUT2D eigenvalue weighted by molar-refractivity contribution is 8.00. The molecule has 2 aromatic heterocycles. The number of anilines is 2. The maximum absolute atomic E-state index is 12.4. The van der Waals surface area contributed by atoms with Crippen LogP contribution >= 0.6 is 34.4 Å². The number of amides is 3. The van der Waals surface area contributed by atoms with Crippen LogP contribution in [0.3, 0.4) is 0 Å². The van der Waals surface area contributed by atoms with Gasteiger partial charge in [-0.1, -0.05) is 12.1 Å². The van der Waals surface area contributed by atoms with E-state index >= 15 is 0 Å². The molecule has 1 aliphatic heterocycles. The minimum atomic E-state index is -0.179. The number of rotatable bonds is 7. The van der Waals surface area contributed by atoms with Crippen molar-refractivity contribution in [2.24, 2.45) is 0 Å². The summed E-state index contributed by atoms with van der Waals surface area (Å²) in [7, 11) is 0. The molecule has 0 aliphatic carbocycles. The van der Waals surface area contributed by atoms with Crippen LogP contribution in [0.4, 0.5) is 10.8 Å². The minimum Gasteiger partial charge on any atom is -0.351 e. The summed E-state index contributed by atoms with van der Waals surface area (Å²) in [6, 6.07) is 11.7. The van der Waals surface area contributed by atoms with E-state index in [1.165, 1.54) is 30.0 Å². The Kier molecular flexibility index (Phi) is 6.69. The number of fused-ring (bicyclic) bond motifs is 1. The van der Waals surface area contributed by atoms with E-state index in [-0.39, 0.29) is 24.1 Å². The molecule has 0 spiro atoms. The van der Waals surface area contributed by atoms with Crippen LogP contribution < -0.4 is 15.5 Å². The van der Waals surface area contributed by atoms with Crippen LogP contribution in [0.1, 0.15) is 18.2 Å². The number of thioether (sulfide) groups is 1. The first-order valence-corrected chi connectivity index (χ1v) is 12.3. The monoisotopic (exact) mass is 472 g/mol. The fourth-order valence-corrected chi connectivity index (χ4v) is 5.71. The zero-order valence-corrected chi connectivity index (χ0v) is 19.2. The first kappa shape index (κ1) is 21.5. The van der Waals surface area contributed by atoms with Crippen molar-refractivity contribution in [1.29, 1.82) is 0 Å². The molecule has 31 heavy (non-hydrogen) atoms. The van der Waals surface area contributed by atoms with E-state index in [2.05, 4.69) is 15.6 Å². The van der Waals surface area contributed by atoms with Gasteiger partial charge >= 0.3 is 0 Å². The van der Waals surface area contributed by atoms with Gasteiger partial charge in [-0.15, -0.1) is 34.4 Å². The van der Waals surface area contributed by atoms with Gasteiger partial charge in [-0.25, -0.2) is 4.98 Å². The minimum absolute atomic E-state index is 0.0146. The third-order valence-corrected chi connectivity index (χ3v) is 7.46. The molecule has 4 rings (SSSR count). The lowest BCUT2D eigenvalue weighted by Gasteiger charge is -2.28. The molecular weight excluding hydrogens is 452 g/mol. The van der Waals surface area contributed by atoms with Crippen molar-refractivity contribution in [2.75, 3.05) is 22.5 Å². The molecule has 0 saturated carbocycles. The smallest absolute Gasteiger partial charge is 0.237 e. The largest absolute Gasteiger partial charge is 0.351 e. The summed E-state index contributed by atoms with van der Waals surface area (Å²) in [6.45, 7) is 2.31. The van der Waals surface area contributed by atoms with Gasteiger partial charge in [-0.05, 0) is 24.3 Å². The molecular formula is C21H20N4O3S3. The standard InChI is InChI=1S/C21H20N4O3S3/c1-13(26)22-10-14-6-7-17(31-14)15-11-30-21(23-15)24-19(27)8-9-25-16-4-2-3-5-18(16)29-12-20(25)28/h2-7,11H,8-10,12H2,1H3,(H,22,26)(H,23,24,27). The number of nitrogens with zero attached hydrogens (tertiary/aromatic N) is 2. The van der Waals surface area contributed by atoms with Gasteiger partial charge in [-0.3, -0.25) is 14.4 Å². The Morgan fingerprint density at radius 1 is 1.19 bits per heavy atom. The molecule has 1 aromatic carbocycles. The number of para-hydroxylation sites is 1. The van der Waals surface area contributed by atoms with Crippen molar-refractivity contribution in [1.82, 2.24) is 10.3 Å². The zero-order valence-electron chi connectivity index (χ0n) is 16.7. The lowest BCUT2D eigenvalue weighted by Crippen LogP contribution is -2.37. The Labute approximate surface area is 191 Å². The van der Waals surface area contributed by atoms with Gasteiger partial charge in [0.2, 0.25) is 17.7 Å². The Balaban J connectivity index is 1.34. The summed E-state index contributed by atoms with van der Waals surface area (Å²) in [6.07, 6.45) is 0.194. The van der Waals surface area contributed by atoms with Gasteiger partial charge in [-0.2, -0.15) is 0 Å². The normalized spacial score (nSPS) is 13.1. The predicted molar refractivity (Wildman–Crippen MR) is 126 cm³/mol. The molecule has 0 atom stereocenters. The van der Waals surface area contributed by atoms with Crippen LogP contribution in [-0.4, -0.2) is 35.0 Å². The fraction of sp³-hybridized carbons (Fsp3) is 0.238. The van der Waals surface area contributed by atoms with Crippen molar-refractivity contribution in [3.63, 3.8) is 0 Å². The van der Waals surface area contributed by atoms with Crippen molar-refractivity contribution in [3.8, 4) is 10.6 Å². The molecule has 3 amide bonds. The maximum Gasteiger partial charge on any atom is 0.237 e. The highest BCUT2D eigenvalue weighted by Crippen LogP contribution is 2.35. The van der Waals surface area contributed by atoms with E-state index in [1.807, 2.05) is 41.8 Å². The molecule has 7 nitrogen and oxygen atoms in total. The quantitative estimate of drug-likeness (QED) is 0.543. The molecule has 2 N–H and O–H groups in total. The Bertz CT molecular complexity index is 1120. The summed E-state index contributed by atoms with van der Waals surface area (Å²) in [4.78, 5) is 45.1. The van der Waals surface area contributed by atoms with E-state index in [4.69, 9.17) is 0 Å². The van der Waals surface area contributed by atoms with Crippen LogP contribution in [0.15, 0.2) is 46.7 Å². The lowest BCUT2D eigenvalue weighted by molar-refractivity contribution is -0.119. The third kappa shape index (κ3) is 5.33. The number of benzene rings is 1. The number of thiazole rings is 1. The summed E-state index contributed by atoms with van der Waals surface area (Å²) >= 11 is 4.44. The van der Waals surface area contributed by atoms with E-state index in [0.29, 0.717) is 24.0 Å². The fourth-order valence-electron chi connectivity index (χ4n) is 3.06. The predicted octanol–water partition coefficient (Wildman–Crippen LogP) is 3.98. The average molecular weight is 473 g/mol. The summed E-state index contributed by atoms with van der Waals surface area (Å²) in [5.41, 5.74) is 1.65. The number of hydrogen-bond acceptors (Lipinski definition) is 7. The zero-order chi connectivity index (χ0) is 21.8. The van der Waals surface area contributed by atoms with Crippen LogP contribution in [-0.2, 0) is 20.9 Å². The molecule has 0 fully saturated rings. The van der Waals surface area contributed by atoms with Crippen molar-refractivity contribution in [2.45, 2.75) is 24.8 Å². The number of carbonyl (C=O) groups excluding carboxylic acids is 3. The third-order valence-electron chi connectivity index (χ3n) is 4.55. The van der Waals surface area contributed by atoms with Gasteiger partial charge in [0, 0.05) is 35.0 Å². The number of hydrogen-bond donors (Lipinski definition) is 2. The van der Waals surface area contributed by atoms with Gasteiger partial charge in [0.1, 0.15) is 0 Å². The van der Waals surface area contributed by atoms with Gasteiger partial charge in [0.05, 0.1) is 28.6 Å². The van der Waals surface area contributed by atoms with Crippen molar-refractivity contribution >= 4 is 63.0 Å². The Morgan fingerprint density at radius 2 is 2.03 bits per heavy atom. The topological polar surface area (TPSA) is 91.4 Å². The first-order valence-electron chi connectivity index (χ1n) is 9.60. The van der Waals surface area contributed by atoms with Crippen LogP contribution in [0.2, 0.25) is 0 Å². The van der Waals surface area contributed by atoms with Gasteiger partial charge in [0.15, 0.2) is 5.13 Å². The summed E-state index contributed by atoms with van der Waals surface area (Å²) < 4.78 is 0. The van der Waals surface area contributed by atoms with Crippen LogP contribution in [0.25, 0.3) is 10.6 Å². The number of nitrogens with one attached hydrogen (secondary N) is 2. The SMILES string of the molecule is CC(=O)NCc1ccc(-c2csc(NC(=O)CCN3C(=O)CSc4ccccc43)n2)s1. The van der Waals surface area contributed by atoms with Crippen molar-refractivity contribution in [3.05, 3.63) is 46.7 Å². The van der Waals surface area contributed by atoms with E-state index < -0.39 is 0 Å². The number of thiophene rings is 1. The second kappa shape index (κ2) is 9.63. The molecule has 3 heterocycles. The first-order chi connectivity index (χ1) is 15.0. The van der Waals surface area contributed by atoms with Crippen LogP contribution in [0, 0.1) is 0 Å². The highest BCUT2D eigenvalue weighted by atomic mass is 32.2. The van der Waals surface area contributed by atoms with E-state index in [0.717, 1.165) is 26.0 Å². The Hall–Kier alpha value is -2.69. The summed E-state index contributed by atoms with van der Waals surface area (Å²) in [5, 5.41) is 8.03. The molecule has 3 aromatic rings. The second-order valence-electron chi connectivity index (χ2n) is 6.81. The molecule has 0 bridgehead atoms. The number of carbonyl (C=O) groups is 3. The Morgan fingerprint density at radius 3 is 2.87 bits per heavy atom. The van der Waals surface area contributed by atoms with E-state index in [1.54, 1.807) is 16.2 Å². The lowest BCUT2D eigenvalue weighted by atomic mass is 10.2. The molecule has 10 heteroatoms. The average Bonchev–Trinajstić information content (AvgIpc) is 3.41. The van der Waals surface area contributed by atoms with E-state index in [9.17, 15) is 14.4 Å². The molecule has 160 valence electrons. The molecule has 0 radical (unpaired) electrons. The van der Waals surface area contributed by atoms with Crippen molar-refractivity contribution < 1.29 is 14.4 Å².